The molecule has 6 rings (SSSR count). The summed E-state index contributed by atoms with van der Waals surface area (Å²) in [7, 11) is -3.45. The smallest absolute Gasteiger partial charge is 0.245 e. The molecule has 9 nitrogen and oxygen atoms in total. The molecule has 1 aliphatic carbocycles. The van der Waals surface area contributed by atoms with E-state index >= 15 is 0 Å². The molecule has 0 bridgehead atoms. The van der Waals surface area contributed by atoms with Crippen molar-refractivity contribution in [2.45, 2.75) is 44.3 Å². The Kier molecular flexibility index (Phi) is 9.35. The molecule has 2 atom stereocenters. The van der Waals surface area contributed by atoms with E-state index in [0.717, 1.165) is 29.7 Å². The Labute approximate surface area is 270 Å². The van der Waals surface area contributed by atoms with Crippen LogP contribution in [0.4, 0.5) is 11.4 Å². The van der Waals surface area contributed by atoms with Gasteiger partial charge in [-0.05, 0) is 66.1 Å². The van der Waals surface area contributed by atoms with Crippen molar-refractivity contribution in [1.82, 2.24) is 15.5 Å². The Bertz CT molecular complexity index is 1640. The van der Waals surface area contributed by atoms with Crippen molar-refractivity contribution < 1.29 is 18.0 Å². The first-order valence-corrected chi connectivity index (χ1v) is 17.8. The zero-order valence-corrected chi connectivity index (χ0v) is 27.1. The number of rotatable bonds is 10. The summed E-state index contributed by atoms with van der Waals surface area (Å²) in [5, 5.41) is 7.01. The predicted molar refractivity (Wildman–Crippen MR) is 178 cm³/mol. The SMILES string of the molecule is CS(=O)(=O)N(CC1CC1)c1ccccc1N1CCN(C(=O)[C@@H](Cc2ccc(Cl)cc2)NC(=O)[C@@H]2Cc3ccccc3CN2)CC1. The Morgan fingerprint density at radius 3 is 2.31 bits per heavy atom. The second-order valence-electron chi connectivity index (χ2n) is 12.3. The van der Waals surface area contributed by atoms with Gasteiger partial charge in [0.2, 0.25) is 21.8 Å². The largest absolute Gasteiger partial charge is 0.366 e. The number of para-hydroxylation sites is 2. The van der Waals surface area contributed by atoms with Gasteiger partial charge in [-0.15, -0.1) is 0 Å². The minimum absolute atomic E-state index is 0.131. The van der Waals surface area contributed by atoms with Gasteiger partial charge in [0, 0.05) is 50.7 Å². The van der Waals surface area contributed by atoms with Crippen molar-refractivity contribution in [3.8, 4) is 0 Å². The molecule has 2 N–H and O–H groups in total. The first-order chi connectivity index (χ1) is 21.7. The summed E-state index contributed by atoms with van der Waals surface area (Å²) in [6, 6.07) is 21.9. The first kappa shape index (κ1) is 31.4. The molecule has 1 saturated heterocycles. The molecular weight excluding hydrogens is 610 g/mol. The molecule has 0 spiro atoms. The molecule has 3 aromatic carbocycles. The van der Waals surface area contributed by atoms with Crippen molar-refractivity contribution >= 4 is 44.8 Å². The number of hydrogen-bond acceptors (Lipinski definition) is 6. The molecule has 2 heterocycles. The molecule has 3 aromatic rings. The second kappa shape index (κ2) is 13.4. The minimum Gasteiger partial charge on any atom is -0.366 e. The molecule has 45 heavy (non-hydrogen) atoms. The number of carbonyl (C=O) groups excluding carboxylic acids is 2. The van der Waals surface area contributed by atoms with Crippen LogP contribution in [-0.4, -0.2) is 76.2 Å². The Balaban J connectivity index is 1.16. The standard InChI is InChI=1S/C34H40ClN5O4S/c1-45(43,44)40(23-25-10-11-25)32-9-5-4-8-31(32)38-16-18-39(19-17-38)34(42)30(20-24-12-14-28(35)15-13-24)37-33(41)29-21-26-6-2-3-7-27(26)22-36-29/h2-9,12-15,25,29-30,36H,10-11,16-23H2,1H3,(H,37,41)/t29-,30+/m0/s1. The lowest BCUT2D eigenvalue weighted by atomic mass is 9.95. The van der Waals surface area contributed by atoms with Gasteiger partial charge < -0.3 is 20.4 Å². The Morgan fingerprint density at radius 2 is 1.62 bits per heavy atom. The maximum Gasteiger partial charge on any atom is 0.245 e. The number of sulfonamides is 1. The third kappa shape index (κ3) is 7.62. The van der Waals surface area contributed by atoms with E-state index in [1.165, 1.54) is 16.1 Å². The summed E-state index contributed by atoms with van der Waals surface area (Å²) in [6.07, 6.45) is 4.27. The van der Waals surface area contributed by atoms with Gasteiger partial charge in [-0.2, -0.15) is 0 Å². The fraction of sp³-hybridized carbons (Fsp3) is 0.412. The van der Waals surface area contributed by atoms with E-state index < -0.39 is 22.1 Å². The van der Waals surface area contributed by atoms with Gasteiger partial charge >= 0.3 is 0 Å². The molecule has 2 amide bonds. The molecule has 3 aliphatic rings. The number of benzene rings is 3. The van der Waals surface area contributed by atoms with Gasteiger partial charge in [-0.1, -0.05) is 60.1 Å². The fourth-order valence-corrected chi connectivity index (χ4v) is 7.37. The van der Waals surface area contributed by atoms with Gasteiger partial charge in [-0.25, -0.2) is 8.42 Å². The lowest BCUT2D eigenvalue weighted by Gasteiger charge is -2.39. The number of anilines is 2. The number of fused-ring (bicyclic) bond motifs is 1. The third-order valence-electron chi connectivity index (χ3n) is 8.97. The highest BCUT2D eigenvalue weighted by Crippen LogP contribution is 2.37. The van der Waals surface area contributed by atoms with E-state index in [-0.39, 0.29) is 11.8 Å². The number of nitrogens with one attached hydrogen (secondary N) is 2. The van der Waals surface area contributed by atoms with Gasteiger partial charge in [-0.3, -0.25) is 13.9 Å². The summed E-state index contributed by atoms with van der Waals surface area (Å²) in [6.45, 7) is 3.10. The Hall–Kier alpha value is -3.60. The van der Waals surface area contributed by atoms with E-state index in [1.807, 2.05) is 59.5 Å². The van der Waals surface area contributed by atoms with Crippen LogP contribution in [0, 0.1) is 5.92 Å². The molecule has 0 radical (unpaired) electrons. The van der Waals surface area contributed by atoms with E-state index in [1.54, 1.807) is 12.1 Å². The maximum absolute atomic E-state index is 14.0. The normalized spacial score (nSPS) is 19.0. The molecule has 0 unspecified atom stereocenters. The van der Waals surface area contributed by atoms with Crippen molar-refractivity contribution in [2.24, 2.45) is 5.92 Å². The quantitative estimate of drug-likeness (QED) is 0.348. The van der Waals surface area contributed by atoms with E-state index in [2.05, 4.69) is 21.6 Å². The van der Waals surface area contributed by atoms with Gasteiger partial charge in [0.1, 0.15) is 6.04 Å². The highest BCUT2D eigenvalue weighted by molar-refractivity contribution is 7.92. The molecule has 2 fully saturated rings. The van der Waals surface area contributed by atoms with Crippen LogP contribution in [0.5, 0.6) is 0 Å². The van der Waals surface area contributed by atoms with Crippen LogP contribution in [-0.2, 0) is 39.0 Å². The average molecular weight is 650 g/mol. The van der Waals surface area contributed by atoms with Crippen LogP contribution >= 0.6 is 11.6 Å². The van der Waals surface area contributed by atoms with Gasteiger partial charge in [0.25, 0.3) is 0 Å². The number of halogens is 1. The molecule has 2 aliphatic heterocycles. The van der Waals surface area contributed by atoms with Crippen LogP contribution in [0.15, 0.2) is 72.8 Å². The highest BCUT2D eigenvalue weighted by atomic mass is 35.5. The zero-order chi connectivity index (χ0) is 31.6. The monoisotopic (exact) mass is 649 g/mol. The van der Waals surface area contributed by atoms with Crippen LogP contribution in [0.2, 0.25) is 5.02 Å². The summed E-state index contributed by atoms with van der Waals surface area (Å²) in [5.74, 6) is 0.0726. The summed E-state index contributed by atoms with van der Waals surface area (Å²) in [5.41, 5.74) is 4.76. The maximum atomic E-state index is 14.0. The topological polar surface area (TPSA) is 102 Å². The number of carbonyl (C=O) groups is 2. The van der Waals surface area contributed by atoms with Crippen LogP contribution < -0.4 is 19.8 Å². The number of amides is 2. The summed E-state index contributed by atoms with van der Waals surface area (Å²) >= 11 is 6.11. The zero-order valence-electron chi connectivity index (χ0n) is 25.5. The lowest BCUT2D eigenvalue weighted by Crippen LogP contribution is -2.58. The first-order valence-electron chi connectivity index (χ1n) is 15.6. The average Bonchev–Trinajstić information content (AvgIpc) is 3.88. The molecular formula is C34H40ClN5O4S. The number of nitrogens with zero attached hydrogens (tertiary/aromatic N) is 3. The molecule has 11 heteroatoms. The molecule has 1 saturated carbocycles. The summed E-state index contributed by atoms with van der Waals surface area (Å²) < 4.78 is 27.1. The van der Waals surface area contributed by atoms with E-state index in [0.29, 0.717) is 68.7 Å². The van der Waals surface area contributed by atoms with Gasteiger partial charge in [0.15, 0.2) is 0 Å². The van der Waals surface area contributed by atoms with Crippen molar-refractivity contribution in [3.05, 3.63) is 94.5 Å². The van der Waals surface area contributed by atoms with Crippen LogP contribution in [0.25, 0.3) is 0 Å². The summed E-state index contributed by atoms with van der Waals surface area (Å²) in [4.78, 5) is 31.5. The van der Waals surface area contributed by atoms with Gasteiger partial charge in [0.05, 0.1) is 23.7 Å². The van der Waals surface area contributed by atoms with Crippen molar-refractivity contribution in [3.63, 3.8) is 0 Å². The molecule has 0 aromatic heterocycles. The fourth-order valence-electron chi connectivity index (χ4n) is 6.25. The van der Waals surface area contributed by atoms with Crippen LogP contribution in [0.1, 0.15) is 29.5 Å². The highest BCUT2D eigenvalue weighted by Gasteiger charge is 2.34. The number of piperazine rings is 1. The molecule has 238 valence electrons. The number of hydrogen-bond donors (Lipinski definition) is 2. The second-order valence-corrected chi connectivity index (χ2v) is 14.7. The van der Waals surface area contributed by atoms with Crippen LogP contribution in [0.3, 0.4) is 0 Å². The van der Waals surface area contributed by atoms with E-state index in [4.69, 9.17) is 11.6 Å². The predicted octanol–water partition coefficient (Wildman–Crippen LogP) is 3.61. The Morgan fingerprint density at radius 1 is 0.956 bits per heavy atom. The minimum atomic E-state index is -3.45. The third-order valence-corrected chi connectivity index (χ3v) is 10.4. The van der Waals surface area contributed by atoms with Crippen molar-refractivity contribution in [1.29, 1.82) is 0 Å². The lowest BCUT2D eigenvalue weighted by molar-refractivity contribution is -0.137. The van der Waals surface area contributed by atoms with E-state index in [9.17, 15) is 18.0 Å². The van der Waals surface area contributed by atoms with Crippen molar-refractivity contribution in [2.75, 3.05) is 48.2 Å².